The molecule has 1 N–H and O–H groups in total. The van der Waals surface area contributed by atoms with Gasteiger partial charge in [0.15, 0.2) is 5.66 Å². The molecule has 11 heteroatoms. The smallest absolute Gasteiger partial charge is 0.409 e. The predicted molar refractivity (Wildman–Crippen MR) is 141 cm³/mol. The van der Waals surface area contributed by atoms with E-state index in [9.17, 15) is 18.8 Å². The Kier molecular flexibility index (Phi) is 7.36. The third-order valence-electron chi connectivity index (χ3n) is 7.01. The van der Waals surface area contributed by atoms with Crippen LogP contribution in [-0.4, -0.2) is 70.4 Å². The highest BCUT2D eigenvalue weighted by atomic mass is 19.1. The molecule has 0 unspecified atom stereocenters. The molecule has 2 amide bonds. The van der Waals surface area contributed by atoms with E-state index in [0.29, 0.717) is 47.7 Å². The van der Waals surface area contributed by atoms with Crippen molar-refractivity contribution in [3.05, 3.63) is 75.5 Å². The van der Waals surface area contributed by atoms with E-state index in [1.807, 2.05) is 6.07 Å². The standard InChI is InChI=1S/C28H27FN6O4/c1-2-3-10-28(32-33-28)11-16-39-27(38)35-14-12-34(13-15-35)26(37)22-17-19(8-9-23(22)29)18-24-20-6-4-5-7-21(20)25(36)31-30-24/h1,4-9,17H,3,10-16,18H2,(H,31,36). The normalized spacial score (nSPS) is 15.7. The van der Waals surface area contributed by atoms with E-state index in [4.69, 9.17) is 11.2 Å². The topological polar surface area (TPSA) is 120 Å². The fraction of sp³-hybridized carbons (Fsp3) is 0.357. The summed E-state index contributed by atoms with van der Waals surface area (Å²) in [7, 11) is 0. The van der Waals surface area contributed by atoms with Gasteiger partial charge in [-0.2, -0.15) is 15.3 Å². The van der Waals surface area contributed by atoms with Crippen LogP contribution in [0.15, 0.2) is 57.5 Å². The summed E-state index contributed by atoms with van der Waals surface area (Å²) in [6, 6.07) is 11.5. The van der Waals surface area contributed by atoms with Crippen molar-refractivity contribution in [2.45, 2.75) is 31.3 Å². The van der Waals surface area contributed by atoms with Crippen molar-refractivity contribution in [3.8, 4) is 12.3 Å². The molecule has 3 aromatic rings. The fourth-order valence-corrected chi connectivity index (χ4v) is 4.67. The molecule has 0 bridgehead atoms. The highest BCUT2D eigenvalue weighted by Gasteiger charge is 2.39. The van der Waals surface area contributed by atoms with Crippen molar-refractivity contribution in [1.82, 2.24) is 20.0 Å². The molecule has 2 aliphatic heterocycles. The Bertz CT molecular complexity index is 1530. The number of nitrogens with zero attached hydrogens (tertiary/aromatic N) is 5. The number of carbonyl (C=O) groups is 2. The summed E-state index contributed by atoms with van der Waals surface area (Å²) in [5.41, 5.74) is 0.447. The lowest BCUT2D eigenvalue weighted by Gasteiger charge is -2.34. The highest BCUT2D eigenvalue weighted by molar-refractivity contribution is 5.95. The second kappa shape index (κ2) is 11.0. The zero-order valence-electron chi connectivity index (χ0n) is 21.2. The van der Waals surface area contributed by atoms with Gasteiger partial charge in [-0.25, -0.2) is 14.3 Å². The molecule has 5 rings (SSSR count). The molecule has 0 atom stereocenters. The van der Waals surface area contributed by atoms with Gasteiger partial charge in [-0.3, -0.25) is 9.59 Å². The number of rotatable bonds is 8. The maximum atomic E-state index is 14.7. The summed E-state index contributed by atoms with van der Waals surface area (Å²) in [5.74, 6) is 1.48. The molecule has 1 aromatic heterocycles. The van der Waals surface area contributed by atoms with Crippen molar-refractivity contribution in [2.75, 3.05) is 32.8 Å². The van der Waals surface area contributed by atoms with Crippen molar-refractivity contribution in [3.63, 3.8) is 0 Å². The number of fused-ring (bicyclic) bond motifs is 1. The molecule has 39 heavy (non-hydrogen) atoms. The van der Waals surface area contributed by atoms with Gasteiger partial charge in [0, 0.05) is 57.2 Å². The number of terminal acetylenes is 1. The lowest BCUT2D eigenvalue weighted by Crippen LogP contribution is -2.51. The first-order valence-corrected chi connectivity index (χ1v) is 12.7. The van der Waals surface area contributed by atoms with E-state index in [-0.39, 0.29) is 43.9 Å². The molecule has 2 aliphatic rings. The van der Waals surface area contributed by atoms with E-state index in [2.05, 4.69) is 26.3 Å². The number of carbonyl (C=O) groups excluding carboxylic acids is 2. The molecule has 10 nitrogen and oxygen atoms in total. The number of H-pyrrole nitrogens is 1. The quantitative estimate of drug-likeness (QED) is 0.447. The average Bonchev–Trinajstić information content (AvgIpc) is 3.74. The molecule has 200 valence electrons. The number of piperazine rings is 1. The van der Waals surface area contributed by atoms with Crippen molar-refractivity contribution >= 4 is 22.8 Å². The lowest BCUT2D eigenvalue weighted by molar-refractivity contribution is 0.0547. The van der Waals surface area contributed by atoms with E-state index in [0.717, 1.165) is 0 Å². The summed E-state index contributed by atoms with van der Waals surface area (Å²) in [5, 5.41) is 15.9. The summed E-state index contributed by atoms with van der Waals surface area (Å²) < 4.78 is 20.1. The molecular formula is C28H27FN6O4. The summed E-state index contributed by atoms with van der Waals surface area (Å²) in [6.45, 7) is 1.22. The van der Waals surface area contributed by atoms with Gasteiger partial charge in [-0.1, -0.05) is 24.3 Å². The van der Waals surface area contributed by atoms with E-state index < -0.39 is 23.5 Å². The minimum absolute atomic E-state index is 0.0496. The van der Waals surface area contributed by atoms with Crippen LogP contribution in [0.4, 0.5) is 9.18 Å². The van der Waals surface area contributed by atoms with Crippen LogP contribution in [0.1, 0.15) is 40.9 Å². The third-order valence-corrected chi connectivity index (χ3v) is 7.01. The number of aromatic amines is 1. The van der Waals surface area contributed by atoms with Crippen molar-refractivity contribution < 1.29 is 18.7 Å². The van der Waals surface area contributed by atoms with E-state index in [1.165, 1.54) is 21.9 Å². The molecule has 2 aromatic carbocycles. The van der Waals surface area contributed by atoms with Gasteiger partial charge in [0.1, 0.15) is 5.82 Å². The number of benzene rings is 2. The molecule has 0 spiro atoms. The number of amides is 2. The van der Waals surface area contributed by atoms with Gasteiger partial charge >= 0.3 is 6.09 Å². The van der Waals surface area contributed by atoms with Crippen LogP contribution in [0.2, 0.25) is 0 Å². The average molecular weight is 531 g/mol. The van der Waals surface area contributed by atoms with Crippen LogP contribution in [-0.2, 0) is 11.2 Å². The Morgan fingerprint density at radius 1 is 1.05 bits per heavy atom. The summed E-state index contributed by atoms with van der Waals surface area (Å²) in [6.07, 6.45) is 6.81. The summed E-state index contributed by atoms with van der Waals surface area (Å²) in [4.78, 5) is 40.8. The largest absolute Gasteiger partial charge is 0.449 e. The number of halogens is 1. The van der Waals surface area contributed by atoms with Gasteiger partial charge in [0.2, 0.25) is 0 Å². The number of aromatic nitrogens is 2. The predicted octanol–water partition coefficient (Wildman–Crippen LogP) is 3.51. The van der Waals surface area contributed by atoms with E-state index in [1.54, 1.807) is 24.3 Å². The minimum Gasteiger partial charge on any atom is -0.449 e. The third kappa shape index (κ3) is 5.80. The van der Waals surface area contributed by atoms with Crippen LogP contribution >= 0.6 is 0 Å². The molecule has 3 heterocycles. The Balaban J connectivity index is 1.18. The van der Waals surface area contributed by atoms with Gasteiger partial charge in [0.25, 0.3) is 11.5 Å². The van der Waals surface area contributed by atoms with Crippen molar-refractivity contribution in [1.29, 1.82) is 0 Å². The zero-order chi connectivity index (χ0) is 27.4. The number of hydrogen-bond donors (Lipinski definition) is 1. The molecule has 0 aliphatic carbocycles. The zero-order valence-corrected chi connectivity index (χ0v) is 21.2. The van der Waals surface area contributed by atoms with Crippen LogP contribution in [0.3, 0.4) is 0 Å². The Morgan fingerprint density at radius 2 is 1.77 bits per heavy atom. The second-order valence-electron chi connectivity index (χ2n) is 9.57. The van der Waals surface area contributed by atoms with Gasteiger partial charge in [-0.05, 0) is 23.8 Å². The summed E-state index contributed by atoms with van der Waals surface area (Å²) >= 11 is 0. The van der Waals surface area contributed by atoms with Crippen LogP contribution in [0.25, 0.3) is 10.8 Å². The van der Waals surface area contributed by atoms with Gasteiger partial charge in [-0.15, -0.1) is 12.3 Å². The molecular weight excluding hydrogens is 503 g/mol. The van der Waals surface area contributed by atoms with Crippen LogP contribution < -0.4 is 5.56 Å². The molecule has 0 saturated carbocycles. The molecule has 1 saturated heterocycles. The van der Waals surface area contributed by atoms with E-state index >= 15 is 0 Å². The Labute approximate surface area is 223 Å². The molecule has 1 fully saturated rings. The first-order valence-electron chi connectivity index (χ1n) is 12.7. The number of nitrogens with one attached hydrogen (secondary N) is 1. The first kappa shape index (κ1) is 26.0. The maximum absolute atomic E-state index is 14.7. The maximum Gasteiger partial charge on any atom is 0.409 e. The van der Waals surface area contributed by atoms with Crippen LogP contribution in [0.5, 0.6) is 0 Å². The molecule has 0 radical (unpaired) electrons. The van der Waals surface area contributed by atoms with Crippen molar-refractivity contribution in [2.24, 2.45) is 10.2 Å². The Morgan fingerprint density at radius 3 is 2.49 bits per heavy atom. The second-order valence-corrected chi connectivity index (χ2v) is 9.57. The monoisotopic (exact) mass is 530 g/mol. The Hall–Kier alpha value is -4.59. The van der Waals surface area contributed by atoms with Gasteiger partial charge in [0.05, 0.1) is 23.3 Å². The van der Waals surface area contributed by atoms with Crippen LogP contribution in [0, 0.1) is 18.2 Å². The minimum atomic E-state index is -0.625. The highest BCUT2D eigenvalue weighted by Crippen LogP contribution is 2.36. The van der Waals surface area contributed by atoms with Gasteiger partial charge < -0.3 is 14.5 Å². The fourth-order valence-electron chi connectivity index (χ4n) is 4.67. The number of hydrogen-bond acceptors (Lipinski definition) is 7. The SMILES string of the molecule is C#CCCC1(CCOC(=O)N2CCN(C(=O)c3cc(Cc4n[nH]c(=O)c5ccccc45)ccc3F)CC2)N=N1. The lowest BCUT2D eigenvalue weighted by atomic mass is 10.0. The first-order chi connectivity index (χ1) is 18.9. The number of ether oxygens (including phenoxy) is 1.